The molecule has 78 valence electrons. The molecule has 1 unspecified atom stereocenters. The van der Waals surface area contributed by atoms with Gasteiger partial charge in [-0.2, -0.15) is 5.26 Å². The second-order valence-electron chi connectivity index (χ2n) is 4.89. The highest BCUT2D eigenvalue weighted by atomic mass is 15.2. The average Bonchev–Trinajstić information content (AvgIpc) is 3.00. The summed E-state index contributed by atoms with van der Waals surface area (Å²) in [7, 11) is 0. The first-order valence-corrected chi connectivity index (χ1v) is 5.97. The minimum atomic E-state index is 0.177. The molecule has 0 N–H and O–H groups in total. The maximum Gasteiger partial charge on any atom is 0.0975 e. The maximum atomic E-state index is 9.07. The summed E-state index contributed by atoms with van der Waals surface area (Å²) in [5.74, 6) is 1.83. The number of hydrogen-bond acceptors (Lipinski definition) is 2. The molecular weight excluding hydrogens is 172 g/mol. The van der Waals surface area contributed by atoms with E-state index in [2.05, 4.69) is 17.9 Å². The Balaban J connectivity index is 1.84. The third-order valence-corrected chi connectivity index (χ3v) is 3.36. The second-order valence-corrected chi connectivity index (χ2v) is 4.89. The molecule has 0 bridgehead atoms. The molecule has 1 atom stereocenters. The Hall–Kier alpha value is -0.550. The minimum absolute atomic E-state index is 0.177. The molecule has 0 aromatic heterocycles. The Morgan fingerprint density at radius 1 is 1.21 bits per heavy atom. The van der Waals surface area contributed by atoms with E-state index < -0.39 is 0 Å². The van der Waals surface area contributed by atoms with Crippen molar-refractivity contribution in [2.45, 2.75) is 45.1 Å². The largest absolute Gasteiger partial charge is 0.288 e. The predicted octanol–water partition coefficient (Wildman–Crippen LogP) is 2.41. The molecule has 0 saturated heterocycles. The van der Waals surface area contributed by atoms with E-state index in [-0.39, 0.29) is 6.04 Å². The lowest BCUT2D eigenvalue weighted by Crippen LogP contribution is -2.37. The molecule has 2 rings (SSSR count). The maximum absolute atomic E-state index is 9.07. The van der Waals surface area contributed by atoms with E-state index in [1.807, 2.05) is 0 Å². The van der Waals surface area contributed by atoms with Crippen molar-refractivity contribution in [2.75, 3.05) is 13.1 Å². The molecule has 14 heavy (non-hydrogen) atoms. The highest BCUT2D eigenvalue weighted by Gasteiger charge is 2.31. The van der Waals surface area contributed by atoms with Crippen LogP contribution in [0.1, 0.15) is 39.0 Å². The van der Waals surface area contributed by atoms with Crippen LogP contribution in [0.4, 0.5) is 0 Å². The van der Waals surface area contributed by atoms with Crippen LogP contribution in [0.15, 0.2) is 0 Å². The van der Waals surface area contributed by atoms with E-state index in [0.717, 1.165) is 18.3 Å². The van der Waals surface area contributed by atoms with Gasteiger partial charge in [0.05, 0.1) is 12.1 Å². The summed E-state index contributed by atoms with van der Waals surface area (Å²) in [5, 5.41) is 9.07. The van der Waals surface area contributed by atoms with Crippen LogP contribution in [0, 0.1) is 23.2 Å². The van der Waals surface area contributed by atoms with E-state index in [9.17, 15) is 0 Å². The fourth-order valence-electron chi connectivity index (χ4n) is 2.02. The van der Waals surface area contributed by atoms with Gasteiger partial charge in [-0.25, -0.2) is 0 Å². The van der Waals surface area contributed by atoms with Crippen molar-refractivity contribution >= 4 is 0 Å². The van der Waals surface area contributed by atoms with Crippen LogP contribution in [0.25, 0.3) is 0 Å². The standard InChI is InChI=1S/C12H20N2/c1-2-12(7-13)14(8-10-3-4-10)9-11-5-6-11/h10-12H,2-6,8-9H2,1H3. The van der Waals surface area contributed by atoms with Gasteiger partial charge in [0.2, 0.25) is 0 Å². The molecule has 0 radical (unpaired) electrons. The quantitative estimate of drug-likeness (QED) is 0.646. The van der Waals surface area contributed by atoms with E-state index in [0.29, 0.717) is 0 Å². The van der Waals surface area contributed by atoms with Gasteiger partial charge in [0.25, 0.3) is 0 Å². The highest BCUT2D eigenvalue weighted by molar-refractivity contribution is 4.94. The lowest BCUT2D eigenvalue weighted by atomic mass is 10.2. The molecule has 0 heterocycles. The summed E-state index contributed by atoms with van der Waals surface area (Å²) < 4.78 is 0. The van der Waals surface area contributed by atoms with Gasteiger partial charge in [0.1, 0.15) is 0 Å². The van der Waals surface area contributed by atoms with Crippen LogP contribution >= 0.6 is 0 Å². The van der Waals surface area contributed by atoms with E-state index in [4.69, 9.17) is 5.26 Å². The summed E-state index contributed by atoms with van der Waals surface area (Å²) in [5.41, 5.74) is 0. The van der Waals surface area contributed by atoms with Gasteiger partial charge < -0.3 is 0 Å². The van der Waals surface area contributed by atoms with Crippen molar-refractivity contribution in [1.29, 1.82) is 5.26 Å². The highest BCUT2D eigenvalue weighted by Crippen LogP contribution is 2.34. The van der Waals surface area contributed by atoms with Crippen LogP contribution < -0.4 is 0 Å². The van der Waals surface area contributed by atoms with Crippen molar-refractivity contribution in [2.24, 2.45) is 11.8 Å². The molecule has 2 aliphatic rings. The van der Waals surface area contributed by atoms with E-state index in [1.165, 1.54) is 38.8 Å². The first kappa shape index (κ1) is 9.98. The minimum Gasteiger partial charge on any atom is -0.288 e. The van der Waals surface area contributed by atoms with Crippen molar-refractivity contribution < 1.29 is 0 Å². The number of rotatable bonds is 6. The molecule has 2 nitrogen and oxygen atoms in total. The molecule has 2 heteroatoms. The van der Waals surface area contributed by atoms with E-state index in [1.54, 1.807) is 0 Å². The monoisotopic (exact) mass is 192 g/mol. The molecule has 2 aliphatic carbocycles. The SMILES string of the molecule is CCC(C#N)N(CC1CC1)CC1CC1. The van der Waals surface area contributed by atoms with E-state index >= 15 is 0 Å². The third kappa shape index (κ3) is 2.72. The molecule has 0 aliphatic heterocycles. The normalized spacial score (nSPS) is 23.5. The summed E-state index contributed by atoms with van der Waals surface area (Å²) >= 11 is 0. The molecule has 2 saturated carbocycles. The second kappa shape index (κ2) is 4.31. The molecule has 0 aromatic carbocycles. The molecule has 0 aromatic rings. The van der Waals surface area contributed by atoms with Crippen molar-refractivity contribution in [1.82, 2.24) is 4.90 Å². The Labute approximate surface area is 86.9 Å². The lowest BCUT2D eigenvalue weighted by molar-refractivity contribution is 0.211. The Bertz CT molecular complexity index is 209. The van der Waals surface area contributed by atoms with Crippen molar-refractivity contribution in [3.05, 3.63) is 0 Å². The fraction of sp³-hybridized carbons (Fsp3) is 0.917. The zero-order valence-corrected chi connectivity index (χ0v) is 9.08. The fourth-order valence-corrected chi connectivity index (χ4v) is 2.02. The smallest absolute Gasteiger partial charge is 0.0975 e. The molecule has 2 fully saturated rings. The number of nitrogens with zero attached hydrogens (tertiary/aromatic N) is 2. The summed E-state index contributed by atoms with van der Waals surface area (Å²) in [6, 6.07) is 2.62. The Morgan fingerprint density at radius 3 is 2.00 bits per heavy atom. The first-order valence-electron chi connectivity index (χ1n) is 5.97. The molecular formula is C12H20N2. The average molecular weight is 192 g/mol. The van der Waals surface area contributed by atoms with Gasteiger partial charge in [-0.15, -0.1) is 0 Å². The van der Waals surface area contributed by atoms with Gasteiger partial charge in [0.15, 0.2) is 0 Å². The number of hydrogen-bond donors (Lipinski definition) is 0. The Kier molecular flexibility index (Phi) is 3.08. The zero-order chi connectivity index (χ0) is 9.97. The molecule has 0 amide bonds. The Morgan fingerprint density at radius 2 is 1.71 bits per heavy atom. The van der Waals surface area contributed by atoms with Crippen molar-refractivity contribution in [3.63, 3.8) is 0 Å². The van der Waals surface area contributed by atoms with Gasteiger partial charge in [0, 0.05) is 13.1 Å². The zero-order valence-electron chi connectivity index (χ0n) is 9.08. The van der Waals surface area contributed by atoms with Gasteiger partial charge in [-0.05, 0) is 43.9 Å². The summed E-state index contributed by atoms with van der Waals surface area (Å²) in [4.78, 5) is 2.44. The predicted molar refractivity (Wildman–Crippen MR) is 56.7 cm³/mol. The number of nitriles is 1. The molecule has 0 spiro atoms. The lowest BCUT2D eigenvalue weighted by Gasteiger charge is -2.26. The first-order chi connectivity index (χ1) is 6.83. The summed E-state index contributed by atoms with van der Waals surface area (Å²) in [6.45, 7) is 4.49. The third-order valence-electron chi connectivity index (χ3n) is 3.36. The van der Waals surface area contributed by atoms with Gasteiger partial charge in [-0.1, -0.05) is 6.92 Å². The van der Waals surface area contributed by atoms with Crippen LogP contribution in [0.3, 0.4) is 0 Å². The van der Waals surface area contributed by atoms with Gasteiger partial charge in [-0.3, -0.25) is 4.90 Å². The topological polar surface area (TPSA) is 27.0 Å². The van der Waals surface area contributed by atoms with Crippen molar-refractivity contribution in [3.8, 4) is 6.07 Å². The van der Waals surface area contributed by atoms with Gasteiger partial charge >= 0.3 is 0 Å². The van der Waals surface area contributed by atoms with Crippen LogP contribution in [-0.4, -0.2) is 24.0 Å². The van der Waals surface area contributed by atoms with Crippen LogP contribution in [0.2, 0.25) is 0 Å². The van der Waals surface area contributed by atoms with Crippen LogP contribution in [0.5, 0.6) is 0 Å². The summed E-state index contributed by atoms with van der Waals surface area (Å²) in [6.07, 6.45) is 6.55. The van der Waals surface area contributed by atoms with Crippen LogP contribution in [-0.2, 0) is 0 Å².